The third kappa shape index (κ3) is 1.23. The molecule has 1 aromatic heterocycles. The molecule has 0 saturated heterocycles. The molecule has 0 aliphatic rings. The molecule has 0 aliphatic heterocycles. The van der Waals surface area contributed by atoms with Crippen LogP contribution in [-0.2, 0) is 0 Å². The maximum absolute atomic E-state index is 2.99. The fourth-order valence-corrected chi connectivity index (χ4v) is 0.904. The molecule has 1 aromatic rings. The molecule has 8 heavy (non-hydrogen) atoms. The summed E-state index contributed by atoms with van der Waals surface area (Å²) in [5, 5.41) is 0. The second kappa shape index (κ2) is 2.72. The second-order valence-corrected chi connectivity index (χ2v) is 2.32. The van der Waals surface area contributed by atoms with Crippen molar-refractivity contribution in [3.8, 4) is 0 Å². The quantitative estimate of drug-likeness (QED) is 0.516. The number of thioether (sulfide) groups is 1. The summed E-state index contributed by atoms with van der Waals surface area (Å²) in [5.41, 5.74) is 0. The molecule has 42 valence electrons. The van der Waals surface area contributed by atoms with Crippen molar-refractivity contribution in [3.63, 3.8) is 0 Å². The highest BCUT2D eigenvalue weighted by Crippen LogP contribution is 2.08. The average molecular weight is 126 g/mol. The molecular formula is C6H8NS+. The van der Waals surface area contributed by atoms with Crippen molar-refractivity contribution >= 4 is 11.8 Å². The van der Waals surface area contributed by atoms with E-state index in [2.05, 4.69) is 17.3 Å². The molecule has 0 saturated carbocycles. The highest BCUT2D eigenvalue weighted by atomic mass is 32.2. The van der Waals surface area contributed by atoms with Gasteiger partial charge in [-0.1, -0.05) is 0 Å². The van der Waals surface area contributed by atoms with Gasteiger partial charge in [0, 0.05) is 6.07 Å². The normalized spacial score (nSPS) is 9.12. The molecule has 0 spiro atoms. The Kier molecular flexibility index (Phi) is 1.92. The van der Waals surface area contributed by atoms with Gasteiger partial charge in [0.2, 0.25) is 0 Å². The van der Waals surface area contributed by atoms with E-state index in [0.29, 0.717) is 0 Å². The lowest BCUT2D eigenvalue weighted by Gasteiger charge is -1.83. The lowest BCUT2D eigenvalue weighted by molar-refractivity contribution is -0.380. The van der Waals surface area contributed by atoms with Crippen LogP contribution in [0.1, 0.15) is 0 Å². The summed E-state index contributed by atoms with van der Waals surface area (Å²) in [4.78, 5) is 4.26. The van der Waals surface area contributed by atoms with Crippen molar-refractivity contribution in [2.24, 2.45) is 0 Å². The van der Waals surface area contributed by atoms with Crippen molar-refractivity contribution < 1.29 is 4.98 Å². The Morgan fingerprint density at radius 3 is 2.88 bits per heavy atom. The van der Waals surface area contributed by atoms with Gasteiger partial charge in [0.1, 0.15) is 0 Å². The second-order valence-electron chi connectivity index (χ2n) is 1.44. The number of rotatable bonds is 1. The summed E-state index contributed by atoms with van der Waals surface area (Å²) < 4.78 is 0. The van der Waals surface area contributed by atoms with Crippen molar-refractivity contribution in [2.45, 2.75) is 4.90 Å². The lowest BCUT2D eigenvalue weighted by Crippen LogP contribution is -1.96. The molecule has 0 radical (unpaired) electrons. The van der Waals surface area contributed by atoms with Crippen molar-refractivity contribution in [2.75, 3.05) is 6.26 Å². The Labute approximate surface area is 53.1 Å². The van der Waals surface area contributed by atoms with Gasteiger partial charge in [-0.05, 0) is 12.3 Å². The minimum absolute atomic E-state index is 1.27. The lowest BCUT2D eigenvalue weighted by atomic mass is 10.5. The fraction of sp³-hybridized carbons (Fsp3) is 0.167. The summed E-state index contributed by atoms with van der Waals surface area (Å²) in [5.74, 6) is 0. The predicted octanol–water partition coefficient (Wildman–Crippen LogP) is 1.22. The number of hydrogen-bond donors (Lipinski definition) is 0. The zero-order chi connectivity index (χ0) is 5.82. The largest absolute Gasteiger partial charge is 0.217 e. The van der Waals surface area contributed by atoms with Crippen LogP contribution in [0.3, 0.4) is 0 Å². The van der Waals surface area contributed by atoms with E-state index in [1.54, 1.807) is 11.8 Å². The van der Waals surface area contributed by atoms with Crippen LogP contribution in [-0.4, -0.2) is 6.26 Å². The van der Waals surface area contributed by atoms with Gasteiger partial charge in [0.25, 0.3) is 0 Å². The zero-order valence-electron chi connectivity index (χ0n) is 4.72. The van der Waals surface area contributed by atoms with Crippen molar-refractivity contribution in [3.05, 3.63) is 24.5 Å². The van der Waals surface area contributed by atoms with E-state index < -0.39 is 0 Å². The van der Waals surface area contributed by atoms with E-state index in [-0.39, 0.29) is 0 Å². The number of aromatic amines is 1. The molecule has 0 unspecified atom stereocenters. The standard InChI is InChI=1S/C6H7NS/c1-8-6-3-2-4-7-5-6/h2-5H,1H3/p+1. The first-order chi connectivity index (χ1) is 3.93. The average Bonchev–Trinajstić information content (AvgIpc) is 1.90. The molecule has 0 aromatic carbocycles. The van der Waals surface area contributed by atoms with Crippen LogP contribution in [0.15, 0.2) is 29.4 Å². The van der Waals surface area contributed by atoms with Crippen LogP contribution >= 0.6 is 11.8 Å². The molecular weight excluding hydrogens is 118 g/mol. The van der Waals surface area contributed by atoms with Gasteiger partial charge in [-0.15, -0.1) is 11.8 Å². The van der Waals surface area contributed by atoms with Gasteiger partial charge in [-0.25, -0.2) is 4.98 Å². The molecule has 0 aliphatic carbocycles. The molecule has 0 fully saturated rings. The number of hydrogen-bond acceptors (Lipinski definition) is 1. The van der Waals surface area contributed by atoms with Gasteiger partial charge in [-0.3, -0.25) is 0 Å². The molecule has 1 nitrogen and oxygen atoms in total. The van der Waals surface area contributed by atoms with Gasteiger partial charge in [0.05, 0.1) is 4.90 Å². The summed E-state index contributed by atoms with van der Waals surface area (Å²) in [7, 11) is 0. The third-order valence-corrected chi connectivity index (χ3v) is 1.64. The van der Waals surface area contributed by atoms with E-state index in [1.165, 1.54) is 4.90 Å². The van der Waals surface area contributed by atoms with Crippen LogP contribution < -0.4 is 4.98 Å². The monoisotopic (exact) mass is 126 g/mol. The van der Waals surface area contributed by atoms with Crippen LogP contribution in [0, 0.1) is 0 Å². The van der Waals surface area contributed by atoms with Gasteiger partial charge < -0.3 is 0 Å². The van der Waals surface area contributed by atoms with Gasteiger partial charge in [-0.2, -0.15) is 0 Å². The van der Waals surface area contributed by atoms with E-state index in [0.717, 1.165) is 0 Å². The number of aromatic nitrogens is 1. The molecule has 0 amide bonds. The highest BCUT2D eigenvalue weighted by Gasteiger charge is 1.86. The number of pyridine rings is 1. The Morgan fingerprint density at radius 2 is 2.50 bits per heavy atom. The third-order valence-electron chi connectivity index (χ3n) is 0.914. The fourth-order valence-electron chi connectivity index (χ4n) is 0.504. The highest BCUT2D eigenvalue weighted by molar-refractivity contribution is 7.98. The minimum Gasteiger partial charge on any atom is -0.217 e. The van der Waals surface area contributed by atoms with E-state index in [9.17, 15) is 0 Å². The Hall–Kier alpha value is -0.500. The first kappa shape index (κ1) is 5.63. The molecule has 0 atom stereocenters. The smallest absolute Gasteiger partial charge is 0.180 e. The minimum atomic E-state index is 1.27. The predicted molar refractivity (Wildman–Crippen MR) is 34.8 cm³/mol. The van der Waals surface area contributed by atoms with Gasteiger partial charge in [0.15, 0.2) is 12.4 Å². The van der Waals surface area contributed by atoms with Crippen LogP contribution in [0.5, 0.6) is 0 Å². The zero-order valence-corrected chi connectivity index (χ0v) is 5.53. The maximum atomic E-state index is 2.99. The van der Waals surface area contributed by atoms with E-state index >= 15 is 0 Å². The van der Waals surface area contributed by atoms with E-state index in [1.807, 2.05) is 18.5 Å². The number of nitrogens with one attached hydrogen (secondary N) is 1. The topological polar surface area (TPSA) is 14.1 Å². The Bertz CT molecular complexity index is 150. The first-order valence-corrected chi connectivity index (χ1v) is 3.66. The SMILES string of the molecule is CSc1ccc[nH+]c1. The maximum Gasteiger partial charge on any atom is 0.180 e. The first-order valence-electron chi connectivity index (χ1n) is 2.43. The molecule has 2 heteroatoms. The summed E-state index contributed by atoms with van der Waals surface area (Å²) in [6, 6.07) is 4.06. The summed E-state index contributed by atoms with van der Waals surface area (Å²) >= 11 is 1.74. The molecule has 0 bridgehead atoms. The van der Waals surface area contributed by atoms with Crippen molar-refractivity contribution in [1.29, 1.82) is 0 Å². The van der Waals surface area contributed by atoms with Crippen molar-refractivity contribution in [1.82, 2.24) is 0 Å². The van der Waals surface area contributed by atoms with Crippen LogP contribution in [0.2, 0.25) is 0 Å². The molecule has 1 N–H and O–H groups in total. The van der Waals surface area contributed by atoms with Crippen LogP contribution in [0.4, 0.5) is 0 Å². The molecule has 1 heterocycles. The molecule has 1 rings (SSSR count). The van der Waals surface area contributed by atoms with E-state index in [4.69, 9.17) is 0 Å². The summed E-state index contributed by atoms with van der Waals surface area (Å²) in [6.45, 7) is 0. The summed E-state index contributed by atoms with van der Waals surface area (Å²) in [6.07, 6.45) is 5.94. The Morgan fingerprint density at radius 1 is 1.62 bits per heavy atom. The number of H-pyrrole nitrogens is 1. The Balaban J connectivity index is 2.83. The van der Waals surface area contributed by atoms with Crippen LogP contribution in [0.25, 0.3) is 0 Å². The van der Waals surface area contributed by atoms with Gasteiger partial charge >= 0.3 is 0 Å².